The predicted octanol–water partition coefficient (Wildman–Crippen LogP) is 2.88. The number of furan rings is 1. The summed E-state index contributed by atoms with van der Waals surface area (Å²) in [6, 6.07) is 4.21. The van der Waals surface area contributed by atoms with E-state index in [1.165, 1.54) is 6.07 Å². The Kier molecular flexibility index (Phi) is 2.70. The van der Waals surface area contributed by atoms with Gasteiger partial charge in [-0.3, -0.25) is 0 Å². The summed E-state index contributed by atoms with van der Waals surface area (Å²) in [5, 5.41) is -1.04. The van der Waals surface area contributed by atoms with Crippen LogP contribution in [0.25, 0.3) is 11.1 Å². The maximum absolute atomic E-state index is 13.4. The highest BCUT2D eigenvalue weighted by Gasteiger charge is 2.24. The third kappa shape index (κ3) is 2.05. The fourth-order valence-corrected chi connectivity index (χ4v) is 2.01. The molecule has 0 radical (unpaired) electrons. The zero-order valence-corrected chi connectivity index (χ0v) is 8.97. The number of benzene rings is 1. The van der Waals surface area contributed by atoms with Gasteiger partial charge in [0.15, 0.2) is 11.6 Å². The van der Waals surface area contributed by atoms with Crippen molar-refractivity contribution in [1.82, 2.24) is 0 Å². The average Bonchev–Trinajstić information content (AvgIpc) is 2.70. The lowest BCUT2D eigenvalue weighted by atomic mass is 10.1. The lowest BCUT2D eigenvalue weighted by Gasteiger charge is -2.02. The van der Waals surface area contributed by atoms with Crippen molar-refractivity contribution >= 4 is 10.2 Å². The van der Waals surface area contributed by atoms with Gasteiger partial charge in [-0.15, -0.1) is 0 Å². The minimum Gasteiger partial charge on any atom is -0.450 e. The number of hydrogen-bond acceptors (Lipinski definition) is 3. The first-order chi connectivity index (χ1) is 7.91. The van der Waals surface area contributed by atoms with Gasteiger partial charge < -0.3 is 4.42 Å². The summed E-state index contributed by atoms with van der Waals surface area (Å²) >= 11 is 0. The molecule has 0 bridgehead atoms. The Morgan fingerprint density at radius 2 is 1.76 bits per heavy atom. The average molecular weight is 262 g/mol. The van der Waals surface area contributed by atoms with Crippen LogP contribution in [0, 0.1) is 11.6 Å². The molecule has 0 aliphatic heterocycles. The Balaban J connectivity index is 2.71. The molecule has 0 N–H and O–H groups in total. The summed E-state index contributed by atoms with van der Waals surface area (Å²) < 4.78 is 65.0. The van der Waals surface area contributed by atoms with Crippen molar-refractivity contribution < 1.29 is 25.5 Å². The lowest BCUT2D eigenvalue weighted by molar-refractivity contribution is 0.435. The quantitative estimate of drug-likeness (QED) is 0.782. The van der Waals surface area contributed by atoms with E-state index in [-0.39, 0.29) is 11.1 Å². The van der Waals surface area contributed by atoms with Crippen LogP contribution in [-0.4, -0.2) is 8.42 Å². The predicted molar refractivity (Wildman–Crippen MR) is 52.4 cm³/mol. The van der Waals surface area contributed by atoms with Crippen LogP contribution in [0.1, 0.15) is 0 Å². The van der Waals surface area contributed by atoms with Gasteiger partial charge in [-0.05, 0) is 12.1 Å². The van der Waals surface area contributed by atoms with E-state index in [1.54, 1.807) is 0 Å². The second kappa shape index (κ2) is 3.92. The van der Waals surface area contributed by atoms with Gasteiger partial charge in [-0.1, -0.05) is 16.0 Å². The maximum atomic E-state index is 13.4. The molecule has 0 aliphatic rings. The first-order valence-electron chi connectivity index (χ1n) is 4.38. The smallest absolute Gasteiger partial charge is 0.366 e. The zero-order chi connectivity index (χ0) is 12.6. The van der Waals surface area contributed by atoms with Gasteiger partial charge in [-0.2, -0.15) is 8.42 Å². The topological polar surface area (TPSA) is 47.3 Å². The van der Waals surface area contributed by atoms with Crippen molar-refractivity contribution in [3.63, 3.8) is 0 Å². The van der Waals surface area contributed by atoms with Gasteiger partial charge in [0.25, 0.3) is 5.09 Å². The minimum absolute atomic E-state index is 0.357. The second-order valence-corrected chi connectivity index (χ2v) is 4.41. The van der Waals surface area contributed by atoms with Gasteiger partial charge >= 0.3 is 10.2 Å². The van der Waals surface area contributed by atoms with Crippen LogP contribution in [0.5, 0.6) is 0 Å². The van der Waals surface area contributed by atoms with Crippen molar-refractivity contribution in [3.8, 4) is 11.1 Å². The zero-order valence-electron chi connectivity index (χ0n) is 8.15. The van der Waals surface area contributed by atoms with Gasteiger partial charge in [0.1, 0.15) is 0 Å². The molecule has 0 fully saturated rings. The normalized spacial score (nSPS) is 11.7. The first kappa shape index (κ1) is 11.7. The van der Waals surface area contributed by atoms with E-state index in [4.69, 9.17) is 0 Å². The van der Waals surface area contributed by atoms with Gasteiger partial charge in [0.2, 0.25) is 0 Å². The molecule has 0 unspecified atom stereocenters. The largest absolute Gasteiger partial charge is 0.450 e. The van der Waals surface area contributed by atoms with E-state index in [2.05, 4.69) is 4.42 Å². The van der Waals surface area contributed by atoms with E-state index >= 15 is 0 Å². The minimum atomic E-state index is -5.12. The van der Waals surface area contributed by atoms with E-state index in [9.17, 15) is 21.1 Å². The van der Waals surface area contributed by atoms with E-state index in [1.807, 2.05) is 0 Å². The first-order valence-corrected chi connectivity index (χ1v) is 5.76. The Hall–Kier alpha value is -1.76. The van der Waals surface area contributed by atoms with Crippen molar-refractivity contribution in [2.24, 2.45) is 0 Å². The Bertz CT molecular complexity index is 661. The van der Waals surface area contributed by atoms with E-state index in [0.717, 1.165) is 24.5 Å². The molecule has 1 aromatic heterocycles. The SMILES string of the molecule is O=S(=O)(F)c1occc1-c1cccc(F)c1F. The number of rotatable bonds is 2. The van der Waals surface area contributed by atoms with Crippen molar-refractivity contribution in [1.29, 1.82) is 0 Å². The molecule has 2 aromatic rings. The van der Waals surface area contributed by atoms with Crippen LogP contribution in [0.4, 0.5) is 12.7 Å². The molecule has 0 saturated carbocycles. The molecular formula is C10H5F3O3S. The van der Waals surface area contributed by atoms with Gasteiger partial charge in [0, 0.05) is 11.1 Å². The summed E-state index contributed by atoms with van der Waals surface area (Å²) in [4.78, 5) is 0. The summed E-state index contributed by atoms with van der Waals surface area (Å²) in [7, 11) is -5.12. The molecule has 17 heavy (non-hydrogen) atoms. The molecule has 0 amide bonds. The summed E-state index contributed by atoms with van der Waals surface area (Å²) in [5.41, 5.74) is -0.737. The molecule has 2 rings (SSSR count). The van der Waals surface area contributed by atoms with Crippen molar-refractivity contribution in [3.05, 3.63) is 42.2 Å². The molecule has 3 nitrogen and oxygen atoms in total. The van der Waals surface area contributed by atoms with E-state index < -0.39 is 26.9 Å². The Morgan fingerprint density at radius 1 is 1.06 bits per heavy atom. The van der Waals surface area contributed by atoms with Crippen LogP contribution in [0.15, 0.2) is 40.0 Å². The number of halogens is 3. The monoisotopic (exact) mass is 262 g/mol. The number of hydrogen-bond donors (Lipinski definition) is 0. The van der Waals surface area contributed by atoms with Crippen molar-refractivity contribution in [2.45, 2.75) is 5.09 Å². The third-order valence-corrected chi connectivity index (χ3v) is 2.85. The fraction of sp³-hybridized carbons (Fsp3) is 0. The van der Waals surface area contributed by atoms with Crippen LogP contribution in [-0.2, 0) is 10.2 Å². The lowest BCUT2D eigenvalue weighted by Crippen LogP contribution is -1.95. The highest BCUT2D eigenvalue weighted by Crippen LogP contribution is 2.32. The maximum Gasteiger partial charge on any atom is 0.366 e. The molecule has 1 heterocycles. The molecular weight excluding hydrogens is 257 g/mol. The van der Waals surface area contributed by atoms with E-state index in [0.29, 0.717) is 0 Å². The molecule has 1 aromatic carbocycles. The van der Waals surface area contributed by atoms with Crippen molar-refractivity contribution in [2.75, 3.05) is 0 Å². The van der Waals surface area contributed by atoms with Crippen LogP contribution < -0.4 is 0 Å². The molecule has 0 spiro atoms. The summed E-state index contributed by atoms with van der Waals surface area (Å²) in [6.45, 7) is 0. The molecule has 90 valence electrons. The highest BCUT2D eigenvalue weighted by molar-refractivity contribution is 7.86. The molecule has 0 aliphatic carbocycles. The summed E-state index contributed by atoms with van der Waals surface area (Å²) in [6.07, 6.45) is 0.881. The van der Waals surface area contributed by atoms with Gasteiger partial charge in [-0.25, -0.2) is 8.78 Å². The van der Waals surface area contributed by atoms with Crippen LogP contribution in [0.2, 0.25) is 0 Å². The fourth-order valence-electron chi connectivity index (χ4n) is 1.40. The Labute approximate surface area is 94.7 Å². The van der Waals surface area contributed by atoms with Gasteiger partial charge in [0.05, 0.1) is 6.26 Å². The second-order valence-electron chi connectivity index (χ2n) is 3.16. The molecule has 0 saturated heterocycles. The third-order valence-electron chi connectivity index (χ3n) is 2.09. The van der Waals surface area contributed by atoms with Crippen LogP contribution >= 0.6 is 0 Å². The Morgan fingerprint density at radius 3 is 2.41 bits per heavy atom. The standard InChI is InChI=1S/C10H5F3O3S/c11-8-3-1-2-6(9(8)12)7-4-5-16-10(7)17(13,14)15/h1-5H. The molecule has 7 heteroatoms. The highest BCUT2D eigenvalue weighted by atomic mass is 32.3. The van der Waals surface area contributed by atoms with Crippen LogP contribution in [0.3, 0.4) is 0 Å². The summed E-state index contributed by atoms with van der Waals surface area (Å²) in [5.74, 6) is -2.43. The molecule has 0 atom stereocenters.